The lowest BCUT2D eigenvalue weighted by Crippen LogP contribution is -2.27. The molecule has 144 valence electrons. The van der Waals surface area contributed by atoms with Gasteiger partial charge in [-0.05, 0) is 45.9 Å². The Morgan fingerprint density at radius 3 is 2.82 bits per heavy atom. The summed E-state index contributed by atoms with van der Waals surface area (Å²) in [6.07, 6.45) is 3.52. The number of amides is 1. The van der Waals surface area contributed by atoms with E-state index in [1.165, 1.54) is 0 Å². The fraction of sp³-hybridized carbons (Fsp3) is 0.300. The summed E-state index contributed by atoms with van der Waals surface area (Å²) >= 11 is 0. The number of hydrogen-bond donors (Lipinski definition) is 1. The van der Waals surface area contributed by atoms with Crippen molar-refractivity contribution in [3.63, 3.8) is 0 Å². The second-order valence-electron chi connectivity index (χ2n) is 6.70. The van der Waals surface area contributed by atoms with E-state index in [0.717, 1.165) is 17.8 Å². The largest absolute Gasteiger partial charge is 0.463 e. The number of fused-ring (bicyclic) bond motifs is 1. The average molecular weight is 379 g/mol. The van der Waals surface area contributed by atoms with Gasteiger partial charge in [0.15, 0.2) is 5.76 Å². The SMILES string of the molecule is CCn1cc(C(C)NC(=O)c2cc(-c3ccco3)nc3onc(C)c23)c(C)n1. The van der Waals surface area contributed by atoms with Gasteiger partial charge in [0.2, 0.25) is 0 Å². The molecule has 0 aliphatic carbocycles. The zero-order valence-electron chi connectivity index (χ0n) is 16.2. The van der Waals surface area contributed by atoms with Crippen molar-refractivity contribution in [2.24, 2.45) is 0 Å². The molecule has 1 unspecified atom stereocenters. The fourth-order valence-corrected chi connectivity index (χ4v) is 3.30. The van der Waals surface area contributed by atoms with Crippen LogP contribution in [0.3, 0.4) is 0 Å². The molecule has 4 aromatic rings. The first-order valence-electron chi connectivity index (χ1n) is 9.13. The fourth-order valence-electron chi connectivity index (χ4n) is 3.30. The van der Waals surface area contributed by atoms with Gasteiger partial charge in [-0.3, -0.25) is 9.48 Å². The third-order valence-electron chi connectivity index (χ3n) is 4.76. The summed E-state index contributed by atoms with van der Waals surface area (Å²) in [5.74, 6) is 0.320. The summed E-state index contributed by atoms with van der Waals surface area (Å²) < 4.78 is 12.6. The van der Waals surface area contributed by atoms with E-state index in [-0.39, 0.29) is 11.9 Å². The van der Waals surface area contributed by atoms with Crippen molar-refractivity contribution in [1.29, 1.82) is 0 Å². The van der Waals surface area contributed by atoms with Gasteiger partial charge in [0.25, 0.3) is 11.6 Å². The molecule has 0 fully saturated rings. The van der Waals surface area contributed by atoms with Crippen molar-refractivity contribution >= 4 is 17.0 Å². The van der Waals surface area contributed by atoms with E-state index in [4.69, 9.17) is 8.94 Å². The number of pyridine rings is 1. The molecule has 0 bridgehead atoms. The number of carbonyl (C=O) groups is 1. The van der Waals surface area contributed by atoms with Gasteiger partial charge in [-0.15, -0.1) is 0 Å². The number of nitrogens with one attached hydrogen (secondary N) is 1. The van der Waals surface area contributed by atoms with Crippen LogP contribution in [0.4, 0.5) is 0 Å². The number of aryl methyl sites for hydroxylation is 3. The molecule has 1 amide bonds. The van der Waals surface area contributed by atoms with E-state index in [0.29, 0.717) is 33.8 Å². The van der Waals surface area contributed by atoms with Gasteiger partial charge in [0, 0.05) is 18.3 Å². The lowest BCUT2D eigenvalue weighted by atomic mass is 10.1. The van der Waals surface area contributed by atoms with Crippen LogP contribution < -0.4 is 5.32 Å². The summed E-state index contributed by atoms with van der Waals surface area (Å²) in [5.41, 5.74) is 3.75. The lowest BCUT2D eigenvalue weighted by Gasteiger charge is -2.14. The molecular formula is C20H21N5O3. The van der Waals surface area contributed by atoms with Gasteiger partial charge in [0.05, 0.1) is 34.6 Å². The molecule has 0 spiro atoms. The second kappa shape index (κ2) is 6.95. The third-order valence-corrected chi connectivity index (χ3v) is 4.76. The monoisotopic (exact) mass is 379 g/mol. The van der Waals surface area contributed by atoms with Gasteiger partial charge in [-0.1, -0.05) is 5.16 Å². The van der Waals surface area contributed by atoms with Gasteiger partial charge < -0.3 is 14.3 Å². The summed E-state index contributed by atoms with van der Waals surface area (Å²) in [6.45, 7) is 8.47. The molecule has 4 aromatic heterocycles. The molecule has 8 heteroatoms. The Hall–Kier alpha value is -3.42. The van der Waals surface area contributed by atoms with Crippen LogP contribution in [0.2, 0.25) is 0 Å². The van der Waals surface area contributed by atoms with Crippen LogP contribution in [-0.4, -0.2) is 25.8 Å². The first kappa shape index (κ1) is 18.0. The molecule has 8 nitrogen and oxygen atoms in total. The first-order chi connectivity index (χ1) is 13.5. The molecule has 28 heavy (non-hydrogen) atoms. The van der Waals surface area contributed by atoms with Crippen molar-refractivity contribution < 1.29 is 13.7 Å². The normalized spacial score (nSPS) is 12.4. The average Bonchev–Trinajstić information content (AvgIpc) is 3.41. The molecule has 0 radical (unpaired) electrons. The van der Waals surface area contributed by atoms with Crippen LogP contribution >= 0.6 is 0 Å². The van der Waals surface area contributed by atoms with Gasteiger partial charge >= 0.3 is 0 Å². The quantitative estimate of drug-likeness (QED) is 0.566. The summed E-state index contributed by atoms with van der Waals surface area (Å²) in [4.78, 5) is 17.6. The first-order valence-corrected chi connectivity index (χ1v) is 9.13. The van der Waals surface area contributed by atoms with Crippen LogP contribution in [-0.2, 0) is 6.54 Å². The van der Waals surface area contributed by atoms with Crippen LogP contribution in [0.25, 0.3) is 22.6 Å². The van der Waals surface area contributed by atoms with Crippen LogP contribution in [0, 0.1) is 13.8 Å². The van der Waals surface area contributed by atoms with Gasteiger partial charge in [-0.2, -0.15) is 5.10 Å². The van der Waals surface area contributed by atoms with E-state index in [1.807, 2.05) is 31.6 Å². The number of nitrogens with zero attached hydrogens (tertiary/aromatic N) is 4. The van der Waals surface area contributed by atoms with E-state index in [9.17, 15) is 4.79 Å². The minimum Gasteiger partial charge on any atom is -0.463 e. The summed E-state index contributed by atoms with van der Waals surface area (Å²) in [6, 6.07) is 5.05. The minimum atomic E-state index is -0.234. The second-order valence-corrected chi connectivity index (χ2v) is 6.70. The smallest absolute Gasteiger partial charge is 0.259 e. The maximum absolute atomic E-state index is 13.1. The number of furan rings is 1. The number of carbonyl (C=O) groups excluding carboxylic acids is 1. The molecular weight excluding hydrogens is 358 g/mol. The molecule has 0 saturated heterocycles. The topological polar surface area (TPSA) is 99.0 Å². The highest BCUT2D eigenvalue weighted by atomic mass is 16.5. The Morgan fingerprint density at radius 1 is 1.32 bits per heavy atom. The molecule has 4 heterocycles. The maximum Gasteiger partial charge on any atom is 0.259 e. The Morgan fingerprint density at radius 2 is 2.14 bits per heavy atom. The highest BCUT2D eigenvalue weighted by Crippen LogP contribution is 2.28. The van der Waals surface area contributed by atoms with Crippen molar-refractivity contribution in [2.75, 3.05) is 0 Å². The van der Waals surface area contributed by atoms with Crippen molar-refractivity contribution in [3.8, 4) is 11.5 Å². The van der Waals surface area contributed by atoms with Crippen LogP contribution in [0.1, 0.15) is 47.2 Å². The number of aromatic nitrogens is 4. The molecule has 0 aliphatic heterocycles. The van der Waals surface area contributed by atoms with E-state index in [1.54, 1.807) is 31.4 Å². The molecule has 1 N–H and O–H groups in total. The zero-order chi connectivity index (χ0) is 19.8. The van der Waals surface area contributed by atoms with E-state index >= 15 is 0 Å². The lowest BCUT2D eigenvalue weighted by molar-refractivity contribution is 0.0941. The van der Waals surface area contributed by atoms with Gasteiger partial charge in [0.1, 0.15) is 5.69 Å². The van der Waals surface area contributed by atoms with E-state index in [2.05, 4.69) is 20.6 Å². The van der Waals surface area contributed by atoms with Crippen molar-refractivity contribution in [3.05, 3.63) is 53.2 Å². The number of hydrogen-bond acceptors (Lipinski definition) is 6. The van der Waals surface area contributed by atoms with Gasteiger partial charge in [-0.25, -0.2) is 4.98 Å². The van der Waals surface area contributed by atoms with Crippen molar-refractivity contribution in [2.45, 2.75) is 40.3 Å². The predicted molar refractivity (Wildman–Crippen MR) is 103 cm³/mol. The standard InChI is InChI=1S/C20H21N5O3/c1-5-25-10-15(12(3)23-25)11(2)21-19(26)14-9-16(17-7-6-8-27-17)22-20-18(14)13(4)24-28-20/h6-11H,5H2,1-4H3,(H,21,26). The zero-order valence-corrected chi connectivity index (χ0v) is 16.2. The Labute approximate surface area is 161 Å². The molecule has 0 aliphatic rings. The highest BCUT2D eigenvalue weighted by molar-refractivity contribution is 6.07. The molecule has 0 saturated carbocycles. The van der Waals surface area contributed by atoms with Crippen LogP contribution in [0.5, 0.6) is 0 Å². The Kier molecular flexibility index (Phi) is 4.46. The van der Waals surface area contributed by atoms with Crippen LogP contribution in [0.15, 0.2) is 39.6 Å². The highest BCUT2D eigenvalue weighted by Gasteiger charge is 2.22. The molecule has 4 rings (SSSR count). The minimum absolute atomic E-state index is 0.205. The summed E-state index contributed by atoms with van der Waals surface area (Å²) in [7, 11) is 0. The maximum atomic E-state index is 13.1. The van der Waals surface area contributed by atoms with E-state index < -0.39 is 0 Å². The number of rotatable bonds is 5. The summed E-state index contributed by atoms with van der Waals surface area (Å²) in [5, 5.41) is 12.1. The van der Waals surface area contributed by atoms with Crippen molar-refractivity contribution in [1.82, 2.24) is 25.2 Å². The Balaban J connectivity index is 1.72. The third kappa shape index (κ3) is 3.06. The predicted octanol–water partition coefficient (Wildman–Crippen LogP) is 3.81. The molecule has 1 atom stereocenters. The molecule has 0 aromatic carbocycles. The Bertz CT molecular complexity index is 1140.